The van der Waals surface area contributed by atoms with Crippen molar-refractivity contribution >= 4 is 35.1 Å². The second-order valence-electron chi connectivity index (χ2n) is 6.31. The Morgan fingerprint density at radius 2 is 1.96 bits per heavy atom. The molecule has 1 atom stereocenters. The first-order chi connectivity index (χ1) is 12.1. The molecule has 1 unspecified atom stereocenters. The number of carbonyl (C=O) groups is 1. The summed E-state index contributed by atoms with van der Waals surface area (Å²) in [6.45, 7) is 3.50. The lowest BCUT2D eigenvalue weighted by atomic mass is 9.92. The van der Waals surface area contributed by atoms with Gasteiger partial charge >= 0.3 is 6.18 Å². The van der Waals surface area contributed by atoms with E-state index < -0.39 is 11.7 Å². The Labute approximate surface area is 158 Å². The Bertz CT molecular complexity index is 935. The lowest BCUT2D eigenvalue weighted by Gasteiger charge is -2.16. The largest absolute Gasteiger partial charge is 0.416 e. The van der Waals surface area contributed by atoms with E-state index in [1.165, 1.54) is 12.3 Å². The van der Waals surface area contributed by atoms with Gasteiger partial charge in [0.2, 0.25) is 0 Å². The van der Waals surface area contributed by atoms with E-state index in [0.29, 0.717) is 34.4 Å². The Hall–Kier alpha value is -1.85. The van der Waals surface area contributed by atoms with Gasteiger partial charge in [-0.3, -0.25) is 9.78 Å². The summed E-state index contributed by atoms with van der Waals surface area (Å²) in [7, 11) is 0. The van der Waals surface area contributed by atoms with Crippen molar-refractivity contribution in [3.05, 3.63) is 68.0 Å². The van der Waals surface area contributed by atoms with Crippen molar-refractivity contribution in [2.45, 2.75) is 32.4 Å². The average molecular weight is 400 g/mol. The number of aldehydes is 1. The first kappa shape index (κ1) is 18.9. The van der Waals surface area contributed by atoms with E-state index >= 15 is 0 Å². The fraction of sp³-hybridized carbons (Fsp3) is 0.263. The minimum absolute atomic E-state index is 0.0853. The highest BCUT2D eigenvalue weighted by molar-refractivity contribution is 6.37. The Morgan fingerprint density at radius 1 is 1.27 bits per heavy atom. The van der Waals surface area contributed by atoms with Crippen LogP contribution in [0.15, 0.2) is 24.4 Å². The summed E-state index contributed by atoms with van der Waals surface area (Å²) in [5.41, 5.74) is 2.76. The number of alkyl halides is 3. The third-order valence-electron chi connectivity index (χ3n) is 4.53. The van der Waals surface area contributed by atoms with Crippen LogP contribution in [0.2, 0.25) is 10.0 Å². The van der Waals surface area contributed by atoms with Crippen LogP contribution in [-0.2, 0) is 12.6 Å². The van der Waals surface area contributed by atoms with Crippen LogP contribution in [0, 0.1) is 6.92 Å². The van der Waals surface area contributed by atoms with Crippen molar-refractivity contribution in [3.63, 3.8) is 0 Å². The second-order valence-corrected chi connectivity index (χ2v) is 7.10. The number of allylic oxidation sites excluding steroid dienone is 2. The van der Waals surface area contributed by atoms with Crippen LogP contribution >= 0.6 is 23.2 Å². The predicted octanol–water partition coefficient (Wildman–Crippen LogP) is 6.27. The molecule has 0 spiro atoms. The molecular weight excluding hydrogens is 386 g/mol. The molecule has 1 aromatic carbocycles. The molecule has 7 heteroatoms. The van der Waals surface area contributed by atoms with Crippen LogP contribution in [0.1, 0.15) is 51.1 Å². The van der Waals surface area contributed by atoms with Crippen molar-refractivity contribution in [3.8, 4) is 0 Å². The molecule has 3 rings (SSSR count). The number of aromatic nitrogens is 1. The monoisotopic (exact) mass is 399 g/mol. The number of pyridine rings is 1. The van der Waals surface area contributed by atoms with Crippen LogP contribution in [-0.4, -0.2) is 11.3 Å². The zero-order valence-electron chi connectivity index (χ0n) is 13.9. The molecule has 1 aromatic heterocycles. The van der Waals surface area contributed by atoms with Gasteiger partial charge in [-0.1, -0.05) is 36.2 Å². The molecule has 1 aliphatic rings. The smallest absolute Gasteiger partial charge is 0.296 e. The Balaban J connectivity index is 2.07. The van der Waals surface area contributed by atoms with Gasteiger partial charge in [-0.05, 0) is 46.9 Å². The molecule has 136 valence electrons. The number of hydrogen-bond acceptors (Lipinski definition) is 2. The number of benzene rings is 1. The molecule has 0 fully saturated rings. The Morgan fingerprint density at radius 3 is 2.58 bits per heavy atom. The van der Waals surface area contributed by atoms with Crippen molar-refractivity contribution < 1.29 is 18.0 Å². The molecule has 2 nitrogen and oxygen atoms in total. The molecule has 1 aliphatic carbocycles. The third-order valence-corrected chi connectivity index (χ3v) is 5.28. The summed E-state index contributed by atoms with van der Waals surface area (Å²) >= 11 is 12.4. The minimum atomic E-state index is -4.39. The molecule has 0 radical (unpaired) electrons. The number of aryl methyl sites for hydroxylation is 1. The molecule has 2 aromatic rings. The van der Waals surface area contributed by atoms with Crippen LogP contribution in [0.3, 0.4) is 0 Å². The van der Waals surface area contributed by atoms with Gasteiger partial charge in [0.05, 0.1) is 15.6 Å². The second kappa shape index (κ2) is 6.71. The molecule has 0 saturated heterocycles. The lowest BCUT2D eigenvalue weighted by Crippen LogP contribution is -2.08. The molecule has 0 aliphatic heterocycles. The van der Waals surface area contributed by atoms with Crippen molar-refractivity contribution in [1.82, 2.24) is 4.98 Å². The first-order valence-electron chi connectivity index (χ1n) is 7.84. The van der Waals surface area contributed by atoms with Crippen LogP contribution < -0.4 is 0 Å². The zero-order chi connectivity index (χ0) is 19.2. The molecule has 0 saturated carbocycles. The Kier molecular flexibility index (Phi) is 4.88. The molecule has 0 bridgehead atoms. The quantitative estimate of drug-likeness (QED) is 0.569. The summed E-state index contributed by atoms with van der Waals surface area (Å²) < 4.78 is 39.3. The molecule has 26 heavy (non-hydrogen) atoms. The maximum atomic E-state index is 13.1. The average Bonchev–Trinajstić information content (AvgIpc) is 2.87. The molecule has 0 N–H and O–H groups in total. The molecule has 1 heterocycles. The van der Waals surface area contributed by atoms with Crippen molar-refractivity contribution in [1.29, 1.82) is 0 Å². The number of nitrogens with zero attached hydrogens (tertiary/aromatic N) is 1. The van der Waals surface area contributed by atoms with Crippen LogP contribution in [0.4, 0.5) is 13.2 Å². The van der Waals surface area contributed by atoms with Crippen molar-refractivity contribution in [2.75, 3.05) is 0 Å². The van der Waals surface area contributed by atoms with Gasteiger partial charge in [0.15, 0.2) is 6.29 Å². The lowest BCUT2D eigenvalue weighted by molar-refractivity contribution is -0.137. The highest BCUT2D eigenvalue weighted by Crippen LogP contribution is 2.44. The predicted molar refractivity (Wildman–Crippen MR) is 95.9 cm³/mol. The van der Waals surface area contributed by atoms with E-state index in [0.717, 1.165) is 17.2 Å². The minimum Gasteiger partial charge on any atom is -0.296 e. The number of fused-ring (bicyclic) bond motifs is 1. The standard InChI is InChI=1S/C19H14Cl2F3NO/c1-9-3-11(5-14-15(20)7-25-16(8-26)18(14)21)17-10(2)4-12(6-13(9)17)19(22,23)24/h3-4,6-9H,5H2,1-2H3. The topological polar surface area (TPSA) is 30.0 Å². The first-order valence-corrected chi connectivity index (χ1v) is 8.60. The van der Waals surface area contributed by atoms with E-state index in [9.17, 15) is 18.0 Å². The van der Waals surface area contributed by atoms with Gasteiger partial charge in [0.25, 0.3) is 0 Å². The van der Waals surface area contributed by atoms with Gasteiger partial charge in [-0.2, -0.15) is 13.2 Å². The third kappa shape index (κ3) is 3.26. The molecule has 0 amide bonds. The van der Waals surface area contributed by atoms with Gasteiger partial charge in [-0.25, -0.2) is 0 Å². The number of carbonyl (C=O) groups excluding carboxylic acids is 1. The van der Waals surface area contributed by atoms with Gasteiger partial charge < -0.3 is 0 Å². The fourth-order valence-electron chi connectivity index (χ4n) is 3.35. The summed E-state index contributed by atoms with van der Waals surface area (Å²) in [6.07, 6.45) is -0.274. The number of halogens is 5. The fourth-order valence-corrected chi connectivity index (χ4v) is 3.87. The SMILES string of the molecule is Cc1cc(C(F)(F)F)cc2c1C(Cc1c(Cl)cnc(C=O)c1Cl)=CC2C. The number of rotatable bonds is 3. The van der Waals surface area contributed by atoms with Gasteiger partial charge in [0, 0.05) is 18.5 Å². The summed E-state index contributed by atoms with van der Waals surface area (Å²) in [4.78, 5) is 14.9. The molecular formula is C19H14Cl2F3NO. The van der Waals surface area contributed by atoms with E-state index in [4.69, 9.17) is 23.2 Å². The number of hydrogen-bond donors (Lipinski definition) is 0. The summed E-state index contributed by atoms with van der Waals surface area (Å²) in [5.74, 6) is -0.161. The summed E-state index contributed by atoms with van der Waals surface area (Å²) in [5, 5.41) is 0.478. The van der Waals surface area contributed by atoms with Crippen molar-refractivity contribution in [2.24, 2.45) is 0 Å². The summed E-state index contributed by atoms with van der Waals surface area (Å²) in [6, 6.07) is 2.35. The van der Waals surface area contributed by atoms with Gasteiger partial charge in [0.1, 0.15) is 5.69 Å². The van der Waals surface area contributed by atoms with E-state index in [2.05, 4.69) is 4.98 Å². The van der Waals surface area contributed by atoms with Crippen LogP contribution in [0.5, 0.6) is 0 Å². The van der Waals surface area contributed by atoms with E-state index in [1.807, 2.05) is 13.0 Å². The highest BCUT2D eigenvalue weighted by Gasteiger charge is 2.34. The maximum Gasteiger partial charge on any atom is 0.416 e. The zero-order valence-corrected chi connectivity index (χ0v) is 15.4. The van der Waals surface area contributed by atoms with E-state index in [-0.39, 0.29) is 16.6 Å². The van der Waals surface area contributed by atoms with Crippen LogP contribution in [0.25, 0.3) is 5.57 Å². The highest BCUT2D eigenvalue weighted by atomic mass is 35.5. The van der Waals surface area contributed by atoms with Gasteiger partial charge in [-0.15, -0.1) is 0 Å². The van der Waals surface area contributed by atoms with E-state index in [1.54, 1.807) is 6.92 Å². The normalized spacial score (nSPS) is 16.4. The maximum absolute atomic E-state index is 13.1.